The molecule has 0 unspecified atom stereocenters. The molecule has 0 saturated carbocycles. The summed E-state index contributed by atoms with van der Waals surface area (Å²) in [6.45, 7) is 4.99. The van der Waals surface area contributed by atoms with Crippen molar-refractivity contribution in [3.8, 4) is 18.1 Å². The molecule has 2 aromatic carbocycles. The molecular formula is C22H18N4O2. The number of anilines is 2. The number of nitrogens with zero attached hydrogens (tertiary/aromatic N) is 3. The number of ether oxygens (including phenoxy) is 1. The molecule has 1 aliphatic heterocycles. The number of amides is 1. The molecule has 0 atom stereocenters. The number of carbonyl (C=O) groups is 1. The van der Waals surface area contributed by atoms with Crippen molar-refractivity contribution in [1.82, 2.24) is 9.97 Å². The minimum Gasteiger partial charge on any atom is -0.489 e. The van der Waals surface area contributed by atoms with E-state index in [0.717, 1.165) is 22.0 Å². The minimum absolute atomic E-state index is 0.165. The molecule has 0 bridgehead atoms. The number of hydrogen-bond donors (Lipinski definition) is 1. The molecule has 28 heavy (non-hydrogen) atoms. The summed E-state index contributed by atoms with van der Waals surface area (Å²) in [5, 5.41) is 4.09. The lowest BCUT2D eigenvalue weighted by Crippen LogP contribution is -2.36. The fourth-order valence-corrected chi connectivity index (χ4v) is 3.26. The maximum Gasteiger partial charge on any atom is 0.250 e. The van der Waals surface area contributed by atoms with Gasteiger partial charge in [0.1, 0.15) is 18.8 Å². The molecule has 2 heterocycles. The molecule has 1 N–H and O–H groups in total. The second-order valence-electron chi connectivity index (χ2n) is 6.27. The molecule has 1 amide bonds. The third-order valence-corrected chi connectivity index (χ3v) is 4.58. The van der Waals surface area contributed by atoms with Crippen molar-refractivity contribution >= 4 is 28.3 Å². The highest BCUT2D eigenvalue weighted by molar-refractivity contribution is 6.07. The summed E-state index contributed by atoms with van der Waals surface area (Å²) in [6, 6.07) is 11.5. The van der Waals surface area contributed by atoms with E-state index in [2.05, 4.69) is 27.8 Å². The summed E-state index contributed by atoms with van der Waals surface area (Å²) in [5.74, 6) is 3.71. The van der Waals surface area contributed by atoms with Crippen LogP contribution in [0.15, 0.2) is 55.4 Å². The van der Waals surface area contributed by atoms with Gasteiger partial charge in [-0.2, -0.15) is 0 Å². The van der Waals surface area contributed by atoms with Crippen molar-refractivity contribution in [2.24, 2.45) is 0 Å². The second kappa shape index (κ2) is 7.41. The van der Waals surface area contributed by atoms with Crippen molar-refractivity contribution in [1.29, 1.82) is 0 Å². The Hall–Kier alpha value is -3.85. The average Bonchev–Trinajstić information content (AvgIpc) is 2.76. The number of fused-ring (bicyclic) bond motifs is 3. The number of benzene rings is 2. The summed E-state index contributed by atoms with van der Waals surface area (Å²) in [4.78, 5) is 22.6. The van der Waals surface area contributed by atoms with Crippen LogP contribution in [0.5, 0.6) is 5.75 Å². The van der Waals surface area contributed by atoms with E-state index in [9.17, 15) is 4.79 Å². The molecular weight excluding hydrogens is 352 g/mol. The molecule has 6 heteroatoms. The van der Waals surface area contributed by atoms with E-state index >= 15 is 0 Å². The van der Waals surface area contributed by atoms with Crippen molar-refractivity contribution in [2.45, 2.75) is 6.54 Å². The van der Waals surface area contributed by atoms with Gasteiger partial charge in [-0.05, 0) is 35.9 Å². The Morgan fingerprint density at radius 3 is 3.07 bits per heavy atom. The Balaban J connectivity index is 1.74. The fourth-order valence-electron chi connectivity index (χ4n) is 3.26. The summed E-state index contributed by atoms with van der Waals surface area (Å²) in [6.07, 6.45) is 8.29. The standard InChI is InChI=1S/C22H18N4O2/c1-3-15-6-5-7-16(12-15)13-23-22-20-17(24-14-25-22)8-9-18-21(20)28-11-10-26(18)19(27)4-2/h1,4-9,12,14H,2,10-11,13H2,(H,23,24,25). The Kier molecular flexibility index (Phi) is 4.65. The highest BCUT2D eigenvalue weighted by Crippen LogP contribution is 2.40. The monoisotopic (exact) mass is 370 g/mol. The molecule has 0 saturated heterocycles. The third-order valence-electron chi connectivity index (χ3n) is 4.58. The average molecular weight is 370 g/mol. The van der Waals surface area contributed by atoms with E-state index in [1.54, 1.807) is 4.90 Å². The van der Waals surface area contributed by atoms with Crippen LogP contribution in [-0.2, 0) is 11.3 Å². The van der Waals surface area contributed by atoms with Gasteiger partial charge in [0.25, 0.3) is 5.91 Å². The Bertz CT molecular complexity index is 1120. The summed E-state index contributed by atoms with van der Waals surface area (Å²) in [7, 11) is 0. The van der Waals surface area contributed by atoms with Gasteiger partial charge in [-0.25, -0.2) is 9.97 Å². The molecule has 1 aromatic heterocycles. The highest BCUT2D eigenvalue weighted by Gasteiger charge is 2.25. The van der Waals surface area contributed by atoms with Crippen LogP contribution in [0.2, 0.25) is 0 Å². The number of hydrogen-bond acceptors (Lipinski definition) is 5. The predicted octanol–water partition coefficient (Wildman–Crippen LogP) is 3.13. The minimum atomic E-state index is -0.165. The van der Waals surface area contributed by atoms with E-state index < -0.39 is 0 Å². The van der Waals surface area contributed by atoms with Gasteiger partial charge >= 0.3 is 0 Å². The van der Waals surface area contributed by atoms with Crippen LogP contribution in [0.1, 0.15) is 11.1 Å². The van der Waals surface area contributed by atoms with Crippen LogP contribution in [0.4, 0.5) is 11.5 Å². The molecule has 138 valence electrons. The Morgan fingerprint density at radius 2 is 2.25 bits per heavy atom. The zero-order valence-corrected chi connectivity index (χ0v) is 15.2. The normalized spacial score (nSPS) is 12.6. The van der Waals surface area contributed by atoms with Gasteiger partial charge in [-0.3, -0.25) is 4.79 Å². The largest absolute Gasteiger partial charge is 0.489 e. The van der Waals surface area contributed by atoms with Gasteiger partial charge in [-0.15, -0.1) is 6.42 Å². The third kappa shape index (κ3) is 3.14. The first kappa shape index (κ1) is 17.6. The maximum atomic E-state index is 12.2. The number of carbonyl (C=O) groups excluding carboxylic acids is 1. The molecule has 1 aliphatic rings. The quantitative estimate of drug-likeness (QED) is 0.565. The highest BCUT2D eigenvalue weighted by atomic mass is 16.5. The second-order valence-corrected chi connectivity index (χ2v) is 6.27. The van der Waals surface area contributed by atoms with Crippen molar-refractivity contribution in [3.63, 3.8) is 0 Å². The first-order chi connectivity index (χ1) is 13.7. The fraction of sp³-hybridized carbons (Fsp3) is 0.136. The lowest BCUT2D eigenvalue weighted by Gasteiger charge is -2.29. The van der Waals surface area contributed by atoms with Gasteiger partial charge in [0.05, 0.1) is 23.1 Å². The molecule has 0 radical (unpaired) electrons. The zero-order chi connectivity index (χ0) is 19.5. The topological polar surface area (TPSA) is 67.4 Å². The number of nitrogens with one attached hydrogen (secondary N) is 1. The van der Waals surface area contributed by atoms with Gasteiger partial charge < -0.3 is 15.0 Å². The summed E-state index contributed by atoms with van der Waals surface area (Å²) >= 11 is 0. The number of terminal acetylenes is 1. The smallest absolute Gasteiger partial charge is 0.250 e. The van der Waals surface area contributed by atoms with E-state index in [0.29, 0.717) is 37.0 Å². The molecule has 0 spiro atoms. The molecule has 0 fully saturated rings. The SMILES string of the molecule is C#Cc1cccc(CNc2ncnc3ccc4c(c23)OCCN4C(=O)C=C)c1. The van der Waals surface area contributed by atoms with Crippen molar-refractivity contribution < 1.29 is 9.53 Å². The summed E-state index contributed by atoms with van der Waals surface area (Å²) < 4.78 is 5.92. The van der Waals surface area contributed by atoms with Gasteiger partial charge in [0.15, 0.2) is 5.75 Å². The first-order valence-corrected chi connectivity index (χ1v) is 8.85. The van der Waals surface area contributed by atoms with Crippen LogP contribution < -0.4 is 15.0 Å². The molecule has 3 aromatic rings. The summed E-state index contributed by atoms with van der Waals surface area (Å²) in [5.41, 5.74) is 3.29. The van der Waals surface area contributed by atoms with Crippen LogP contribution in [0.25, 0.3) is 10.9 Å². The maximum absolute atomic E-state index is 12.2. The Labute approximate surface area is 162 Å². The van der Waals surface area contributed by atoms with Crippen molar-refractivity contribution in [3.05, 3.63) is 66.5 Å². The van der Waals surface area contributed by atoms with Gasteiger partial charge in [0.2, 0.25) is 0 Å². The molecule has 4 rings (SSSR count). The van der Waals surface area contributed by atoms with E-state index in [1.807, 2.05) is 36.4 Å². The lowest BCUT2D eigenvalue weighted by molar-refractivity contribution is -0.114. The number of rotatable bonds is 4. The molecule has 0 aliphatic carbocycles. The van der Waals surface area contributed by atoms with E-state index in [4.69, 9.17) is 11.2 Å². The Morgan fingerprint density at radius 1 is 1.36 bits per heavy atom. The van der Waals surface area contributed by atoms with E-state index in [1.165, 1.54) is 12.4 Å². The zero-order valence-electron chi connectivity index (χ0n) is 15.2. The lowest BCUT2D eigenvalue weighted by atomic mass is 10.1. The predicted molar refractivity (Wildman–Crippen MR) is 109 cm³/mol. The first-order valence-electron chi connectivity index (χ1n) is 8.85. The van der Waals surface area contributed by atoms with Crippen LogP contribution in [0, 0.1) is 12.3 Å². The van der Waals surface area contributed by atoms with Gasteiger partial charge in [0, 0.05) is 12.1 Å². The van der Waals surface area contributed by atoms with Crippen LogP contribution >= 0.6 is 0 Å². The van der Waals surface area contributed by atoms with E-state index in [-0.39, 0.29) is 5.91 Å². The van der Waals surface area contributed by atoms with Crippen LogP contribution in [0.3, 0.4) is 0 Å². The van der Waals surface area contributed by atoms with Crippen molar-refractivity contribution in [2.75, 3.05) is 23.4 Å². The van der Waals surface area contributed by atoms with Crippen LogP contribution in [-0.4, -0.2) is 29.0 Å². The van der Waals surface area contributed by atoms with Gasteiger partial charge in [-0.1, -0.05) is 24.6 Å². The number of aromatic nitrogens is 2. The molecule has 6 nitrogen and oxygen atoms in total.